The highest BCUT2D eigenvalue weighted by molar-refractivity contribution is 5.98. The number of anilines is 6. The number of hydrogen-bond acceptors (Lipinski definition) is 10. The summed E-state index contributed by atoms with van der Waals surface area (Å²) in [6, 6.07) is 41.3. The highest BCUT2D eigenvalue weighted by Crippen LogP contribution is 2.52. The van der Waals surface area contributed by atoms with E-state index >= 15 is 0 Å². The van der Waals surface area contributed by atoms with E-state index in [0.717, 1.165) is 0 Å². The zero-order valence-corrected chi connectivity index (χ0v) is 23.9. The van der Waals surface area contributed by atoms with E-state index in [2.05, 4.69) is 22.1 Å². The zero-order valence-electron chi connectivity index (χ0n) is 23.9. The molecule has 0 bridgehead atoms. The summed E-state index contributed by atoms with van der Waals surface area (Å²) >= 11 is 0. The average Bonchev–Trinajstić information content (AvgIpc) is 3.13. The number of aromatic nitrogens is 4. The second-order valence-corrected chi connectivity index (χ2v) is 10.1. The summed E-state index contributed by atoms with van der Waals surface area (Å²) in [7, 11) is 0. The molecule has 7 rings (SSSR count). The molecule has 1 aliphatic rings. The van der Waals surface area contributed by atoms with E-state index in [1.807, 2.05) is 97.1 Å². The predicted octanol–water partition coefficient (Wildman–Crippen LogP) is 7.34. The molecular weight excluding hydrogens is 572 g/mol. The smallest absolute Gasteiger partial charge is 0.184 e. The molecule has 3 heterocycles. The standard InChI is InChI=1S/C36H18N10/c37-19-23-11-15-25(16-12-23)31-32(26-17-13-24(20-38)14-18-26)44-36-35(43-31)45(27-7-3-1-4-8-27)33-34(42-30(22-40)29(21-39)41-33)46(36)28-9-5-2-6-10-28/h1-18H. The Morgan fingerprint density at radius 2 is 0.739 bits per heavy atom. The van der Waals surface area contributed by atoms with Crippen LogP contribution in [0.1, 0.15) is 22.5 Å². The van der Waals surface area contributed by atoms with E-state index in [0.29, 0.717) is 68.3 Å². The van der Waals surface area contributed by atoms with Crippen molar-refractivity contribution in [3.05, 3.63) is 132 Å². The van der Waals surface area contributed by atoms with Crippen molar-refractivity contribution < 1.29 is 0 Å². The van der Waals surface area contributed by atoms with E-state index in [1.54, 1.807) is 34.1 Å². The van der Waals surface area contributed by atoms with Crippen molar-refractivity contribution in [3.8, 4) is 46.8 Å². The molecule has 2 aromatic heterocycles. The van der Waals surface area contributed by atoms with Crippen molar-refractivity contribution in [2.24, 2.45) is 0 Å². The molecule has 212 valence electrons. The molecule has 4 aromatic carbocycles. The van der Waals surface area contributed by atoms with Gasteiger partial charge in [-0.2, -0.15) is 21.0 Å². The van der Waals surface area contributed by atoms with E-state index < -0.39 is 0 Å². The number of nitrogens with zero attached hydrogens (tertiary/aromatic N) is 10. The molecule has 0 amide bonds. The van der Waals surface area contributed by atoms with Gasteiger partial charge in [-0.1, -0.05) is 60.7 Å². The van der Waals surface area contributed by atoms with Crippen LogP contribution in [0, 0.1) is 45.3 Å². The number of benzene rings is 4. The van der Waals surface area contributed by atoms with Crippen LogP contribution in [0.3, 0.4) is 0 Å². The summed E-state index contributed by atoms with van der Waals surface area (Å²) < 4.78 is 0. The molecule has 0 spiro atoms. The first-order valence-electron chi connectivity index (χ1n) is 14.0. The van der Waals surface area contributed by atoms with Crippen LogP contribution in [0.25, 0.3) is 22.5 Å². The van der Waals surface area contributed by atoms with Gasteiger partial charge in [-0.3, -0.25) is 9.80 Å². The topological polar surface area (TPSA) is 153 Å². The third kappa shape index (κ3) is 4.58. The van der Waals surface area contributed by atoms with Gasteiger partial charge in [0, 0.05) is 22.5 Å². The Morgan fingerprint density at radius 1 is 0.391 bits per heavy atom. The van der Waals surface area contributed by atoms with E-state index in [1.165, 1.54) is 0 Å². The number of nitriles is 4. The molecule has 0 atom stereocenters. The van der Waals surface area contributed by atoms with Gasteiger partial charge in [-0.15, -0.1) is 0 Å². The maximum atomic E-state index is 9.91. The van der Waals surface area contributed by atoms with Crippen LogP contribution in [0.4, 0.5) is 34.6 Å². The highest BCUT2D eigenvalue weighted by atomic mass is 15.4. The van der Waals surface area contributed by atoms with Crippen molar-refractivity contribution in [3.63, 3.8) is 0 Å². The summed E-state index contributed by atoms with van der Waals surface area (Å²) in [6.45, 7) is 0. The van der Waals surface area contributed by atoms with Gasteiger partial charge in [0.15, 0.2) is 34.7 Å². The first-order chi connectivity index (χ1) is 22.6. The lowest BCUT2D eigenvalue weighted by Crippen LogP contribution is -2.29. The SMILES string of the molecule is N#Cc1ccc(-c2nc3c(nc2-c2ccc(C#N)cc2)N(c2ccccc2)c2nc(C#N)c(C#N)nc2N3c2ccccc2)cc1. The Bertz CT molecular complexity index is 2130. The van der Waals surface area contributed by atoms with Gasteiger partial charge < -0.3 is 0 Å². The van der Waals surface area contributed by atoms with Crippen LogP contribution in [0.5, 0.6) is 0 Å². The molecule has 10 nitrogen and oxygen atoms in total. The molecule has 0 fully saturated rings. The van der Waals surface area contributed by atoms with Gasteiger partial charge in [0.1, 0.15) is 12.1 Å². The number of rotatable bonds is 4. The Hall–Kier alpha value is -7.40. The molecule has 0 N–H and O–H groups in total. The van der Waals surface area contributed by atoms with Crippen LogP contribution in [0.2, 0.25) is 0 Å². The minimum atomic E-state index is -0.117. The number of para-hydroxylation sites is 2. The Morgan fingerprint density at radius 3 is 1.07 bits per heavy atom. The third-order valence-corrected chi connectivity index (χ3v) is 7.38. The fourth-order valence-electron chi connectivity index (χ4n) is 5.24. The monoisotopic (exact) mass is 590 g/mol. The van der Waals surface area contributed by atoms with Crippen LogP contribution in [0.15, 0.2) is 109 Å². The van der Waals surface area contributed by atoms with Gasteiger partial charge in [-0.05, 0) is 48.5 Å². The lowest BCUT2D eigenvalue weighted by Gasteiger charge is -2.37. The zero-order chi connectivity index (χ0) is 31.6. The molecule has 0 saturated heterocycles. The van der Waals surface area contributed by atoms with Crippen molar-refractivity contribution in [2.45, 2.75) is 0 Å². The number of fused-ring (bicyclic) bond motifs is 2. The van der Waals surface area contributed by atoms with Crippen molar-refractivity contribution in [1.82, 2.24) is 19.9 Å². The molecule has 0 unspecified atom stereocenters. The molecule has 0 radical (unpaired) electrons. The summed E-state index contributed by atoms with van der Waals surface area (Å²) in [5.74, 6) is 1.40. The second kappa shape index (κ2) is 11.4. The van der Waals surface area contributed by atoms with Gasteiger partial charge in [-0.25, -0.2) is 19.9 Å². The summed E-state index contributed by atoms with van der Waals surface area (Å²) in [4.78, 5) is 23.4. The van der Waals surface area contributed by atoms with Crippen LogP contribution in [-0.2, 0) is 0 Å². The maximum absolute atomic E-state index is 9.91. The summed E-state index contributed by atoms with van der Waals surface area (Å²) in [5.41, 5.74) is 4.60. The molecule has 10 heteroatoms. The van der Waals surface area contributed by atoms with Gasteiger partial charge in [0.25, 0.3) is 0 Å². The number of hydrogen-bond donors (Lipinski definition) is 0. The third-order valence-electron chi connectivity index (χ3n) is 7.38. The van der Waals surface area contributed by atoms with Gasteiger partial charge >= 0.3 is 0 Å². The fourth-order valence-corrected chi connectivity index (χ4v) is 5.24. The Labute approximate surface area is 263 Å². The van der Waals surface area contributed by atoms with Crippen molar-refractivity contribution >= 4 is 34.6 Å². The van der Waals surface area contributed by atoms with Crippen LogP contribution in [-0.4, -0.2) is 19.9 Å². The second-order valence-electron chi connectivity index (χ2n) is 10.1. The lowest BCUT2D eigenvalue weighted by molar-refractivity contribution is 0.979. The highest BCUT2D eigenvalue weighted by Gasteiger charge is 2.38. The van der Waals surface area contributed by atoms with Crippen LogP contribution >= 0.6 is 0 Å². The van der Waals surface area contributed by atoms with Gasteiger partial charge in [0.05, 0.1) is 34.7 Å². The van der Waals surface area contributed by atoms with E-state index in [-0.39, 0.29) is 11.4 Å². The summed E-state index contributed by atoms with van der Waals surface area (Å²) in [6.07, 6.45) is 0. The lowest BCUT2D eigenvalue weighted by atomic mass is 10.0. The maximum Gasteiger partial charge on any atom is 0.184 e. The first-order valence-corrected chi connectivity index (χ1v) is 14.0. The minimum absolute atomic E-state index is 0.117. The normalized spacial score (nSPS) is 11.3. The molecular formula is C36H18N10. The largest absolute Gasteiger partial charge is 0.273 e. The quantitative estimate of drug-likeness (QED) is 0.203. The summed E-state index contributed by atoms with van der Waals surface area (Å²) in [5, 5.41) is 38.7. The Kier molecular flexibility index (Phi) is 6.77. The predicted molar refractivity (Wildman–Crippen MR) is 170 cm³/mol. The minimum Gasteiger partial charge on any atom is -0.273 e. The fraction of sp³-hybridized carbons (Fsp3) is 0. The first kappa shape index (κ1) is 27.4. The molecule has 46 heavy (non-hydrogen) atoms. The average molecular weight is 591 g/mol. The van der Waals surface area contributed by atoms with Crippen LogP contribution < -0.4 is 9.80 Å². The molecule has 0 saturated carbocycles. The Balaban J connectivity index is 1.61. The van der Waals surface area contributed by atoms with Crippen molar-refractivity contribution in [2.75, 3.05) is 9.80 Å². The molecule has 0 aliphatic carbocycles. The van der Waals surface area contributed by atoms with Crippen molar-refractivity contribution in [1.29, 1.82) is 21.0 Å². The van der Waals surface area contributed by atoms with Gasteiger partial charge in [0.2, 0.25) is 0 Å². The molecule has 6 aromatic rings. The van der Waals surface area contributed by atoms with E-state index in [9.17, 15) is 21.0 Å². The molecule has 1 aliphatic heterocycles. The van der Waals surface area contributed by atoms with E-state index in [4.69, 9.17) is 9.97 Å².